The third-order valence-corrected chi connectivity index (χ3v) is 2.76. The summed E-state index contributed by atoms with van der Waals surface area (Å²) in [6.07, 6.45) is 0. The van der Waals surface area contributed by atoms with Crippen LogP contribution in [0, 0.1) is 5.92 Å². The van der Waals surface area contributed by atoms with Crippen molar-refractivity contribution in [1.82, 2.24) is 5.32 Å². The van der Waals surface area contributed by atoms with Crippen LogP contribution in [0.2, 0.25) is 5.02 Å². The molecule has 19 heavy (non-hydrogen) atoms. The van der Waals surface area contributed by atoms with E-state index in [2.05, 4.69) is 5.32 Å². The first-order valence-corrected chi connectivity index (χ1v) is 6.72. The molecule has 1 atom stereocenters. The molecule has 0 spiro atoms. The smallest absolute Gasteiger partial charge is 0.257 e. The van der Waals surface area contributed by atoms with Crippen LogP contribution in [-0.4, -0.2) is 19.1 Å². The standard InChI is InChI=1S/C14H21ClN2O2/c1-9(2)7-17-14(18)8-19-13-5-4-11(15)6-12(13)10(3)16/h4-6,9-10H,7-8,16H2,1-3H3,(H,17,18)/t10-/m0/s1. The van der Waals surface area contributed by atoms with Crippen molar-refractivity contribution in [2.24, 2.45) is 11.7 Å². The van der Waals surface area contributed by atoms with E-state index in [1.165, 1.54) is 0 Å². The SMILES string of the molecule is CC(C)CNC(=O)COc1ccc(Cl)cc1[C@H](C)N. The molecule has 106 valence electrons. The highest BCUT2D eigenvalue weighted by molar-refractivity contribution is 6.30. The fourth-order valence-electron chi connectivity index (χ4n) is 1.52. The maximum Gasteiger partial charge on any atom is 0.257 e. The zero-order valence-electron chi connectivity index (χ0n) is 11.6. The highest BCUT2D eigenvalue weighted by Gasteiger charge is 2.11. The van der Waals surface area contributed by atoms with E-state index in [0.29, 0.717) is 23.2 Å². The number of halogens is 1. The summed E-state index contributed by atoms with van der Waals surface area (Å²) in [5.41, 5.74) is 6.64. The quantitative estimate of drug-likeness (QED) is 0.844. The van der Waals surface area contributed by atoms with Gasteiger partial charge in [-0.2, -0.15) is 0 Å². The number of ether oxygens (including phenoxy) is 1. The summed E-state index contributed by atoms with van der Waals surface area (Å²) in [5.74, 6) is 0.873. The number of amides is 1. The van der Waals surface area contributed by atoms with Gasteiger partial charge in [-0.25, -0.2) is 0 Å². The van der Waals surface area contributed by atoms with Crippen LogP contribution in [0.4, 0.5) is 0 Å². The van der Waals surface area contributed by atoms with E-state index in [-0.39, 0.29) is 18.6 Å². The summed E-state index contributed by atoms with van der Waals surface area (Å²) in [7, 11) is 0. The number of carbonyl (C=O) groups is 1. The fraction of sp³-hybridized carbons (Fsp3) is 0.500. The lowest BCUT2D eigenvalue weighted by atomic mass is 10.1. The van der Waals surface area contributed by atoms with E-state index in [0.717, 1.165) is 5.56 Å². The number of nitrogens with one attached hydrogen (secondary N) is 1. The second kappa shape index (κ2) is 7.36. The molecular formula is C14H21ClN2O2. The first-order valence-electron chi connectivity index (χ1n) is 6.34. The monoisotopic (exact) mass is 284 g/mol. The largest absolute Gasteiger partial charge is 0.483 e. The summed E-state index contributed by atoms with van der Waals surface area (Å²) < 4.78 is 5.50. The van der Waals surface area contributed by atoms with Crippen molar-refractivity contribution in [1.29, 1.82) is 0 Å². The minimum Gasteiger partial charge on any atom is -0.483 e. The topological polar surface area (TPSA) is 64.3 Å². The maximum atomic E-state index is 11.6. The number of hydrogen-bond acceptors (Lipinski definition) is 3. The molecule has 0 aliphatic rings. The van der Waals surface area contributed by atoms with Gasteiger partial charge in [-0.05, 0) is 31.0 Å². The number of rotatable bonds is 6. The molecule has 0 unspecified atom stereocenters. The highest BCUT2D eigenvalue weighted by atomic mass is 35.5. The van der Waals surface area contributed by atoms with Crippen molar-refractivity contribution >= 4 is 17.5 Å². The van der Waals surface area contributed by atoms with Crippen LogP contribution in [-0.2, 0) is 4.79 Å². The van der Waals surface area contributed by atoms with Crippen LogP contribution in [0.3, 0.4) is 0 Å². The van der Waals surface area contributed by atoms with Crippen molar-refractivity contribution in [2.45, 2.75) is 26.8 Å². The van der Waals surface area contributed by atoms with Crippen LogP contribution >= 0.6 is 11.6 Å². The Morgan fingerprint density at radius 3 is 2.68 bits per heavy atom. The van der Waals surface area contributed by atoms with Crippen LogP contribution in [0.25, 0.3) is 0 Å². The molecule has 0 aliphatic heterocycles. The van der Waals surface area contributed by atoms with Gasteiger partial charge in [0.25, 0.3) is 5.91 Å². The number of nitrogens with two attached hydrogens (primary N) is 1. The van der Waals surface area contributed by atoms with E-state index in [1.807, 2.05) is 20.8 Å². The Morgan fingerprint density at radius 2 is 2.11 bits per heavy atom. The molecule has 0 aromatic heterocycles. The molecule has 0 saturated carbocycles. The molecule has 0 radical (unpaired) electrons. The minimum atomic E-state index is -0.201. The molecule has 0 bridgehead atoms. The van der Waals surface area contributed by atoms with Crippen molar-refractivity contribution in [3.63, 3.8) is 0 Å². The summed E-state index contributed by atoms with van der Waals surface area (Å²) >= 11 is 5.92. The summed E-state index contributed by atoms with van der Waals surface area (Å²) in [5, 5.41) is 3.39. The van der Waals surface area contributed by atoms with E-state index < -0.39 is 0 Å². The number of hydrogen-bond donors (Lipinski definition) is 2. The van der Waals surface area contributed by atoms with E-state index in [9.17, 15) is 4.79 Å². The van der Waals surface area contributed by atoms with Gasteiger partial charge in [0, 0.05) is 23.2 Å². The van der Waals surface area contributed by atoms with E-state index in [1.54, 1.807) is 18.2 Å². The molecular weight excluding hydrogens is 264 g/mol. The molecule has 0 heterocycles. The summed E-state index contributed by atoms with van der Waals surface area (Å²) in [6.45, 7) is 6.54. The lowest BCUT2D eigenvalue weighted by Gasteiger charge is -2.14. The predicted octanol–water partition coefficient (Wildman–Crippen LogP) is 2.51. The van der Waals surface area contributed by atoms with Gasteiger partial charge in [-0.1, -0.05) is 25.4 Å². The Balaban J connectivity index is 2.60. The lowest BCUT2D eigenvalue weighted by molar-refractivity contribution is -0.123. The number of benzene rings is 1. The second-order valence-corrected chi connectivity index (χ2v) is 5.39. The molecule has 1 amide bonds. The minimum absolute atomic E-state index is 0.0198. The van der Waals surface area contributed by atoms with Crippen molar-refractivity contribution in [3.8, 4) is 5.75 Å². The molecule has 5 heteroatoms. The highest BCUT2D eigenvalue weighted by Crippen LogP contribution is 2.27. The molecule has 1 aromatic rings. The number of carbonyl (C=O) groups excluding carboxylic acids is 1. The van der Waals surface area contributed by atoms with Gasteiger partial charge in [-0.15, -0.1) is 0 Å². The fourth-order valence-corrected chi connectivity index (χ4v) is 1.70. The van der Waals surface area contributed by atoms with Crippen LogP contribution in [0.1, 0.15) is 32.4 Å². The van der Waals surface area contributed by atoms with Crippen molar-refractivity contribution in [3.05, 3.63) is 28.8 Å². The van der Waals surface area contributed by atoms with Gasteiger partial charge in [-0.3, -0.25) is 4.79 Å². The zero-order valence-corrected chi connectivity index (χ0v) is 12.3. The maximum absolute atomic E-state index is 11.6. The Hall–Kier alpha value is -1.26. The van der Waals surface area contributed by atoms with Gasteiger partial charge >= 0.3 is 0 Å². The normalized spacial score (nSPS) is 12.3. The molecule has 0 aliphatic carbocycles. The van der Waals surface area contributed by atoms with Gasteiger partial charge in [0.1, 0.15) is 5.75 Å². The molecule has 0 saturated heterocycles. The Morgan fingerprint density at radius 1 is 1.42 bits per heavy atom. The third-order valence-electron chi connectivity index (χ3n) is 2.53. The Labute approximate surface area is 119 Å². The van der Waals surface area contributed by atoms with Crippen molar-refractivity contribution in [2.75, 3.05) is 13.2 Å². The molecule has 3 N–H and O–H groups in total. The third kappa shape index (κ3) is 5.49. The van der Waals surface area contributed by atoms with Crippen LogP contribution < -0.4 is 15.8 Å². The molecule has 0 fully saturated rings. The van der Waals surface area contributed by atoms with Gasteiger partial charge in [0.2, 0.25) is 0 Å². The second-order valence-electron chi connectivity index (χ2n) is 4.96. The Bertz CT molecular complexity index is 433. The average molecular weight is 285 g/mol. The van der Waals surface area contributed by atoms with Crippen molar-refractivity contribution < 1.29 is 9.53 Å². The molecule has 1 rings (SSSR count). The summed E-state index contributed by atoms with van der Waals surface area (Å²) in [4.78, 5) is 11.6. The first-order chi connectivity index (χ1) is 8.90. The Kier molecular flexibility index (Phi) is 6.12. The van der Waals surface area contributed by atoms with E-state index in [4.69, 9.17) is 22.1 Å². The van der Waals surface area contributed by atoms with E-state index >= 15 is 0 Å². The zero-order chi connectivity index (χ0) is 14.4. The van der Waals surface area contributed by atoms with Crippen LogP contribution in [0.5, 0.6) is 5.75 Å². The van der Waals surface area contributed by atoms with Crippen LogP contribution in [0.15, 0.2) is 18.2 Å². The predicted molar refractivity (Wildman–Crippen MR) is 77.4 cm³/mol. The average Bonchev–Trinajstić information content (AvgIpc) is 2.34. The lowest BCUT2D eigenvalue weighted by Crippen LogP contribution is -2.31. The summed E-state index contributed by atoms with van der Waals surface area (Å²) in [6, 6.07) is 5.01. The first kappa shape index (κ1) is 15.8. The van der Waals surface area contributed by atoms with Gasteiger partial charge in [0.15, 0.2) is 6.61 Å². The van der Waals surface area contributed by atoms with Gasteiger partial charge < -0.3 is 15.8 Å². The molecule has 4 nitrogen and oxygen atoms in total. The molecule has 1 aromatic carbocycles. The van der Waals surface area contributed by atoms with Gasteiger partial charge in [0.05, 0.1) is 0 Å².